The average molecular weight is 367 g/mol. The van der Waals surface area contributed by atoms with E-state index in [2.05, 4.69) is 31.0 Å². The summed E-state index contributed by atoms with van der Waals surface area (Å²) in [6.07, 6.45) is 1.24. The van der Waals surface area contributed by atoms with Crippen molar-refractivity contribution in [2.45, 2.75) is 40.5 Å². The van der Waals surface area contributed by atoms with Gasteiger partial charge in [0.25, 0.3) is 5.91 Å². The van der Waals surface area contributed by atoms with Crippen LogP contribution in [0.1, 0.15) is 44.9 Å². The van der Waals surface area contributed by atoms with E-state index >= 15 is 0 Å². The fourth-order valence-electron chi connectivity index (χ4n) is 3.81. The molecule has 3 rings (SSSR count). The van der Waals surface area contributed by atoms with Gasteiger partial charge < -0.3 is 14.8 Å². The quantitative estimate of drug-likeness (QED) is 0.906. The number of carbonyl (C=O) groups is 2. The highest BCUT2D eigenvalue weighted by molar-refractivity contribution is 5.95. The molecule has 5 nitrogen and oxygen atoms in total. The Bertz CT molecular complexity index is 853. The third-order valence-corrected chi connectivity index (χ3v) is 5.36. The van der Waals surface area contributed by atoms with Crippen LogP contribution in [0.3, 0.4) is 0 Å². The molecular weight excluding hydrogens is 338 g/mol. The molecule has 0 saturated carbocycles. The van der Waals surface area contributed by atoms with Crippen LogP contribution >= 0.6 is 0 Å². The minimum Gasteiger partial charge on any atom is -0.362 e. The smallest absolute Gasteiger partial charge is 0.255 e. The van der Waals surface area contributed by atoms with Gasteiger partial charge in [-0.15, -0.1) is 0 Å². The number of H-pyrrole nitrogens is 1. The number of aromatic nitrogens is 1. The Balaban J connectivity index is 1.63. The Hall–Kier alpha value is -2.56. The minimum absolute atomic E-state index is 0.0560. The second-order valence-corrected chi connectivity index (χ2v) is 7.62. The van der Waals surface area contributed by atoms with Gasteiger partial charge >= 0.3 is 0 Å². The van der Waals surface area contributed by atoms with Crippen molar-refractivity contribution in [1.82, 2.24) is 14.8 Å². The van der Waals surface area contributed by atoms with Crippen molar-refractivity contribution < 1.29 is 9.59 Å². The summed E-state index contributed by atoms with van der Waals surface area (Å²) in [4.78, 5) is 32.6. The highest BCUT2D eigenvalue weighted by Gasteiger charge is 2.24. The van der Waals surface area contributed by atoms with E-state index in [4.69, 9.17) is 0 Å². The predicted molar refractivity (Wildman–Crippen MR) is 107 cm³/mol. The molecule has 0 radical (unpaired) electrons. The lowest BCUT2D eigenvalue weighted by Crippen LogP contribution is -2.38. The number of carbonyl (C=O) groups excluding carboxylic acids is 2. The maximum atomic E-state index is 12.8. The van der Waals surface area contributed by atoms with Gasteiger partial charge in [0, 0.05) is 37.6 Å². The SMILES string of the molecule is Cc1ccc(CC(=O)N2CCCN(C(=O)c3cc(C)[nH]c3C)CC2)c(C)c1. The summed E-state index contributed by atoms with van der Waals surface area (Å²) in [7, 11) is 0. The van der Waals surface area contributed by atoms with Crippen LogP contribution in [0.25, 0.3) is 0 Å². The molecule has 0 spiro atoms. The number of amides is 2. The number of nitrogens with zero attached hydrogens (tertiary/aromatic N) is 2. The minimum atomic E-state index is 0.0560. The molecule has 1 aromatic heterocycles. The van der Waals surface area contributed by atoms with Crippen molar-refractivity contribution in [2.75, 3.05) is 26.2 Å². The van der Waals surface area contributed by atoms with Gasteiger partial charge in [-0.05, 0) is 51.3 Å². The Kier molecular flexibility index (Phi) is 5.68. The molecule has 27 heavy (non-hydrogen) atoms. The Morgan fingerprint density at radius 3 is 2.33 bits per heavy atom. The number of aryl methyl sites for hydroxylation is 4. The van der Waals surface area contributed by atoms with E-state index in [0.29, 0.717) is 32.6 Å². The molecule has 5 heteroatoms. The van der Waals surface area contributed by atoms with Gasteiger partial charge in [-0.1, -0.05) is 23.8 Å². The van der Waals surface area contributed by atoms with Crippen molar-refractivity contribution in [3.63, 3.8) is 0 Å². The van der Waals surface area contributed by atoms with Crippen molar-refractivity contribution in [3.05, 3.63) is 57.9 Å². The zero-order valence-electron chi connectivity index (χ0n) is 16.8. The van der Waals surface area contributed by atoms with E-state index in [1.807, 2.05) is 35.8 Å². The first-order valence-electron chi connectivity index (χ1n) is 9.64. The summed E-state index contributed by atoms with van der Waals surface area (Å²) in [5.41, 5.74) is 6.10. The van der Waals surface area contributed by atoms with Crippen LogP contribution in [0.2, 0.25) is 0 Å². The van der Waals surface area contributed by atoms with Crippen LogP contribution in [-0.4, -0.2) is 52.8 Å². The number of hydrogen-bond acceptors (Lipinski definition) is 2. The van der Waals surface area contributed by atoms with Gasteiger partial charge in [0.1, 0.15) is 0 Å². The number of benzene rings is 1. The van der Waals surface area contributed by atoms with Gasteiger partial charge in [0.2, 0.25) is 5.91 Å². The van der Waals surface area contributed by atoms with E-state index in [1.54, 1.807) is 0 Å². The largest absolute Gasteiger partial charge is 0.362 e. The number of hydrogen-bond donors (Lipinski definition) is 1. The molecule has 1 saturated heterocycles. The van der Waals surface area contributed by atoms with Gasteiger partial charge in [-0.2, -0.15) is 0 Å². The second kappa shape index (κ2) is 7.99. The highest BCUT2D eigenvalue weighted by atomic mass is 16.2. The average Bonchev–Trinajstić information content (AvgIpc) is 2.82. The highest BCUT2D eigenvalue weighted by Crippen LogP contribution is 2.16. The third-order valence-electron chi connectivity index (χ3n) is 5.36. The maximum absolute atomic E-state index is 12.8. The van der Waals surface area contributed by atoms with Crippen molar-refractivity contribution in [2.24, 2.45) is 0 Å². The van der Waals surface area contributed by atoms with Crippen molar-refractivity contribution in [3.8, 4) is 0 Å². The summed E-state index contributed by atoms with van der Waals surface area (Å²) in [6.45, 7) is 10.6. The molecule has 1 N–H and O–H groups in total. The number of aromatic amines is 1. The molecule has 0 atom stereocenters. The normalized spacial score (nSPS) is 15.0. The van der Waals surface area contributed by atoms with E-state index in [9.17, 15) is 9.59 Å². The molecular formula is C22H29N3O2. The molecule has 0 unspecified atom stereocenters. The third kappa shape index (κ3) is 4.41. The Morgan fingerprint density at radius 2 is 1.67 bits per heavy atom. The first kappa shape index (κ1) is 19.2. The van der Waals surface area contributed by atoms with Crippen molar-refractivity contribution in [1.29, 1.82) is 0 Å². The van der Waals surface area contributed by atoms with Gasteiger partial charge in [0.15, 0.2) is 0 Å². The molecule has 0 bridgehead atoms. The molecule has 1 fully saturated rings. The van der Waals surface area contributed by atoms with E-state index < -0.39 is 0 Å². The van der Waals surface area contributed by atoms with Crippen LogP contribution in [0, 0.1) is 27.7 Å². The molecule has 1 aliphatic heterocycles. The number of nitrogens with one attached hydrogen (secondary N) is 1. The van der Waals surface area contributed by atoms with Crippen LogP contribution in [0.15, 0.2) is 24.3 Å². The summed E-state index contributed by atoms with van der Waals surface area (Å²) in [5.74, 6) is 0.199. The maximum Gasteiger partial charge on any atom is 0.255 e. The van der Waals surface area contributed by atoms with Crippen LogP contribution < -0.4 is 0 Å². The lowest BCUT2D eigenvalue weighted by Gasteiger charge is -2.22. The fourth-order valence-corrected chi connectivity index (χ4v) is 3.81. The summed E-state index contributed by atoms with van der Waals surface area (Å²) in [6, 6.07) is 8.13. The van der Waals surface area contributed by atoms with Gasteiger partial charge in [-0.25, -0.2) is 0 Å². The van der Waals surface area contributed by atoms with Crippen molar-refractivity contribution >= 4 is 11.8 Å². The lowest BCUT2D eigenvalue weighted by molar-refractivity contribution is -0.130. The summed E-state index contributed by atoms with van der Waals surface area (Å²) in [5, 5.41) is 0. The first-order valence-corrected chi connectivity index (χ1v) is 9.64. The Labute approximate surface area is 161 Å². The number of rotatable bonds is 3. The molecule has 2 aromatic rings. The monoisotopic (exact) mass is 367 g/mol. The topological polar surface area (TPSA) is 56.4 Å². The molecule has 1 aromatic carbocycles. The zero-order valence-corrected chi connectivity index (χ0v) is 16.8. The fraction of sp³-hybridized carbons (Fsp3) is 0.455. The molecule has 144 valence electrons. The lowest BCUT2D eigenvalue weighted by atomic mass is 10.0. The van der Waals surface area contributed by atoms with Crippen LogP contribution in [0.5, 0.6) is 0 Å². The molecule has 1 aliphatic rings. The zero-order chi connectivity index (χ0) is 19.6. The molecule has 2 heterocycles. The molecule has 2 amide bonds. The van der Waals surface area contributed by atoms with Gasteiger partial charge in [-0.3, -0.25) is 9.59 Å². The van der Waals surface area contributed by atoms with Crippen LogP contribution in [0.4, 0.5) is 0 Å². The van der Waals surface area contributed by atoms with Gasteiger partial charge in [0.05, 0.1) is 12.0 Å². The standard InChI is InChI=1S/C22H29N3O2/c1-15-6-7-19(16(2)12-15)14-21(26)24-8-5-9-25(11-10-24)22(27)20-13-17(3)23-18(20)4/h6-7,12-13,23H,5,8-11,14H2,1-4H3. The second-order valence-electron chi connectivity index (χ2n) is 7.62. The Morgan fingerprint density at radius 1 is 0.963 bits per heavy atom. The summed E-state index contributed by atoms with van der Waals surface area (Å²) >= 11 is 0. The van der Waals surface area contributed by atoms with E-state index in [-0.39, 0.29) is 11.8 Å². The first-order chi connectivity index (χ1) is 12.8. The van der Waals surface area contributed by atoms with E-state index in [1.165, 1.54) is 5.56 Å². The predicted octanol–water partition coefficient (Wildman–Crippen LogP) is 3.17. The van der Waals surface area contributed by atoms with Crippen LogP contribution in [-0.2, 0) is 11.2 Å². The van der Waals surface area contributed by atoms with E-state index in [0.717, 1.165) is 34.5 Å². The molecule has 0 aliphatic carbocycles. The summed E-state index contributed by atoms with van der Waals surface area (Å²) < 4.78 is 0.